The lowest BCUT2D eigenvalue weighted by molar-refractivity contribution is 0.0523. The first kappa shape index (κ1) is 16.8. The van der Waals surface area contributed by atoms with Gasteiger partial charge in [0.15, 0.2) is 0 Å². The van der Waals surface area contributed by atoms with Crippen molar-refractivity contribution in [1.82, 2.24) is 14.7 Å². The number of aromatic nitrogens is 2. The van der Waals surface area contributed by atoms with Crippen molar-refractivity contribution in [2.75, 3.05) is 0 Å². The van der Waals surface area contributed by atoms with E-state index in [0.29, 0.717) is 5.92 Å². The fraction of sp³-hybridized carbons (Fsp3) is 0.556. The van der Waals surface area contributed by atoms with E-state index in [1.807, 2.05) is 31.4 Å². The summed E-state index contributed by atoms with van der Waals surface area (Å²) < 4.78 is 7.18. The molecule has 1 fully saturated rings. The standard InChI is InChI=1S/C18H25N3O3/c1-11(22)15-7-13(12-5-6-12)9-21-10-14(20-16(15)21)8-19-17(23)24-18(2,3)4/h7,9-12,22H,5-6,8H2,1-4H3,(H,19,23). The van der Waals surface area contributed by atoms with Crippen molar-refractivity contribution in [3.8, 4) is 0 Å². The molecular formula is C18H25N3O3. The molecule has 2 heterocycles. The van der Waals surface area contributed by atoms with Gasteiger partial charge >= 0.3 is 6.09 Å². The molecular weight excluding hydrogens is 306 g/mol. The third-order valence-electron chi connectivity index (χ3n) is 3.96. The summed E-state index contributed by atoms with van der Waals surface area (Å²) in [6.45, 7) is 7.51. The number of aliphatic hydroxyl groups is 1. The number of pyridine rings is 1. The number of imidazole rings is 1. The molecule has 3 rings (SSSR count). The lowest BCUT2D eigenvalue weighted by Gasteiger charge is -2.19. The van der Waals surface area contributed by atoms with Gasteiger partial charge in [-0.05, 0) is 58.1 Å². The first-order chi connectivity index (χ1) is 11.2. The summed E-state index contributed by atoms with van der Waals surface area (Å²) in [5.74, 6) is 0.595. The second-order valence-electron chi connectivity index (χ2n) is 7.50. The summed E-state index contributed by atoms with van der Waals surface area (Å²) in [7, 11) is 0. The molecule has 1 aliphatic carbocycles. The van der Waals surface area contributed by atoms with Crippen LogP contribution in [0.5, 0.6) is 0 Å². The highest BCUT2D eigenvalue weighted by Gasteiger charge is 2.26. The number of hydrogen-bond acceptors (Lipinski definition) is 4. The van der Waals surface area contributed by atoms with Crippen molar-refractivity contribution < 1.29 is 14.6 Å². The minimum absolute atomic E-state index is 0.286. The van der Waals surface area contributed by atoms with Gasteiger partial charge in [0.25, 0.3) is 0 Å². The predicted octanol–water partition coefficient (Wildman–Crippen LogP) is 3.29. The van der Waals surface area contributed by atoms with E-state index in [1.165, 1.54) is 18.4 Å². The quantitative estimate of drug-likeness (QED) is 0.901. The maximum atomic E-state index is 11.8. The zero-order chi connectivity index (χ0) is 17.5. The molecule has 1 atom stereocenters. The number of ether oxygens (including phenoxy) is 1. The van der Waals surface area contributed by atoms with Crippen molar-refractivity contribution in [3.63, 3.8) is 0 Å². The number of aliphatic hydroxyl groups excluding tert-OH is 1. The molecule has 1 unspecified atom stereocenters. The van der Waals surface area contributed by atoms with E-state index in [0.717, 1.165) is 16.9 Å². The molecule has 24 heavy (non-hydrogen) atoms. The molecule has 0 radical (unpaired) electrons. The highest BCUT2D eigenvalue weighted by atomic mass is 16.6. The molecule has 130 valence electrons. The Bertz CT molecular complexity index is 755. The Morgan fingerprint density at radius 1 is 1.46 bits per heavy atom. The number of fused-ring (bicyclic) bond motifs is 1. The van der Waals surface area contributed by atoms with Gasteiger partial charge in [0, 0.05) is 18.0 Å². The zero-order valence-corrected chi connectivity index (χ0v) is 14.7. The largest absolute Gasteiger partial charge is 0.444 e. The fourth-order valence-electron chi connectivity index (χ4n) is 2.71. The highest BCUT2D eigenvalue weighted by Crippen LogP contribution is 2.41. The topological polar surface area (TPSA) is 75.9 Å². The Balaban J connectivity index is 1.80. The number of nitrogens with one attached hydrogen (secondary N) is 1. The average Bonchev–Trinajstić information content (AvgIpc) is 3.22. The zero-order valence-electron chi connectivity index (χ0n) is 14.7. The smallest absolute Gasteiger partial charge is 0.407 e. The first-order valence-electron chi connectivity index (χ1n) is 8.39. The SMILES string of the molecule is CC(O)c1cc(C2CC2)cn2cc(CNC(=O)OC(C)(C)C)nc12. The highest BCUT2D eigenvalue weighted by molar-refractivity contribution is 5.67. The van der Waals surface area contributed by atoms with Gasteiger partial charge in [-0.2, -0.15) is 0 Å². The van der Waals surface area contributed by atoms with Crippen molar-refractivity contribution in [1.29, 1.82) is 0 Å². The average molecular weight is 331 g/mol. The molecule has 2 aromatic heterocycles. The van der Waals surface area contributed by atoms with Gasteiger partial charge in [0.1, 0.15) is 11.2 Å². The van der Waals surface area contributed by atoms with E-state index < -0.39 is 17.8 Å². The van der Waals surface area contributed by atoms with Gasteiger partial charge in [-0.1, -0.05) is 0 Å². The first-order valence-corrected chi connectivity index (χ1v) is 8.39. The van der Waals surface area contributed by atoms with Crippen LogP contribution in [0.1, 0.15) is 69.4 Å². The van der Waals surface area contributed by atoms with Crippen LogP contribution in [-0.2, 0) is 11.3 Å². The minimum Gasteiger partial charge on any atom is -0.444 e. The van der Waals surface area contributed by atoms with E-state index >= 15 is 0 Å². The number of nitrogens with zero attached hydrogens (tertiary/aromatic N) is 2. The van der Waals surface area contributed by atoms with Crippen LogP contribution < -0.4 is 5.32 Å². The third-order valence-corrected chi connectivity index (χ3v) is 3.96. The molecule has 1 saturated carbocycles. The lowest BCUT2D eigenvalue weighted by Crippen LogP contribution is -2.32. The van der Waals surface area contributed by atoms with Gasteiger partial charge in [-0.3, -0.25) is 0 Å². The van der Waals surface area contributed by atoms with E-state index in [1.54, 1.807) is 6.92 Å². The second kappa shape index (κ2) is 6.09. The Morgan fingerprint density at radius 2 is 2.17 bits per heavy atom. The van der Waals surface area contributed by atoms with Crippen LogP contribution in [0.2, 0.25) is 0 Å². The van der Waals surface area contributed by atoms with E-state index in [4.69, 9.17) is 4.74 Å². The molecule has 0 saturated heterocycles. The molecule has 6 heteroatoms. The summed E-state index contributed by atoms with van der Waals surface area (Å²) in [5.41, 5.74) is 3.00. The summed E-state index contributed by atoms with van der Waals surface area (Å²) in [6, 6.07) is 2.05. The fourth-order valence-corrected chi connectivity index (χ4v) is 2.71. The number of hydrogen-bond donors (Lipinski definition) is 2. The molecule has 6 nitrogen and oxygen atoms in total. The van der Waals surface area contributed by atoms with Crippen molar-refractivity contribution in [2.45, 2.75) is 64.7 Å². The van der Waals surface area contributed by atoms with E-state index in [-0.39, 0.29) is 6.54 Å². The van der Waals surface area contributed by atoms with Gasteiger partial charge < -0.3 is 19.6 Å². The Morgan fingerprint density at radius 3 is 2.75 bits per heavy atom. The molecule has 0 spiro atoms. The van der Waals surface area contributed by atoms with Crippen molar-refractivity contribution in [3.05, 3.63) is 35.3 Å². The Hall–Kier alpha value is -2.08. The lowest BCUT2D eigenvalue weighted by atomic mass is 10.1. The van der Waals surface area contributed by atoms with Crippen molar-refractivity contribution in [2.24, 2.45) is 0 Å². The molecule has 2 aromatic rings. The van der Waals surface area contributed by atoms with Crippen molar-refractivity contribution >= 4 is 11.7 Å². The van der Waals surface area contributed by atoms with Crippen LogP contribution in [-0.4, -0.2) is 26.2 Å². The summed E-state index contributed by atoms with van der Waals surface area (Å²) >= 11 is 0. The molecule has 1 amide bonds. The third kappa shape index (κ3) is 3.87. The summed E-state index contributed by atoms with van der Waals surface area (Å²) in [4.78, 5) is 16.3. The summed E-state index contributed by atoms with van der Waals surface area (Å²) in [5, 5.41) is 12.8. The van der Waals surface area contributed by atoms with Gasteiger partial charge in [0.2, 0.25) is 0 Å². The van der Waals surface area contributed by atoms with E-state index in [2.05, 4.69) is 22.6 Å². The Labute approximate surface area is 141 Å². The number of alkyl carbamates (subject to hydrolysis) is 1. The molecule has 1 aliphatic rings. The van der Waals surface area contributed by atoms with Gasteiger partial charge in [0.05, 0.1) is 18.3 Å². The molecule has 0 aromatic carbocycles. The van der Waals surface area contributed by atoms with Crippen LogP contribution in [0.15, 0.2) is 18.5 Å². The maximum Gasteiger partial charge on any atom is 0.407 e. The van der Waals surface area contributed by atoms with E-state index in [9.17, 15) is 9.90 Å². The van der Waals surface area contributed by atoms with Crippen LogP contribution in [0.25, 0.3) is 5.65 Å². The monoisotopic (exact) mass is 331 g/mol. The Kier molecular flexibility index (Phi) is 4.25. The number of carbonyl (C=O) groups is 1. The maximum absolute atomic E-state index is 11.8. The van der Waals surface area contributed by atoms with Crippen LogP contribution in [0, 0.1) is 0 Å². The van der Waals surface area contributed by atoms with Crippen LogP contribution >= 0.6 is 0 Å². The number of carbonyl (C=O) groups excluding carboxylic acids is 1. The number of rotatable bonds is 4. The van der Waals surface area contributed by atoms with Gasteiger partial charge in [-0.15, -0.1) is 0 Å². The normalized spacial score (nSPS) is 16.2. The van der Waals surface area contributed by atoms with Crippen LogP contribution in [0.3, 0.4) is 0 Å². The molecule has 0 bridgehead atoms. The number of amides is 1. The van der Waals surface area contributed by atoms with Crippen LogP contribution in [0.4, 0.5) is 4.79 Å². The molecule has 2 N–H and O–H groups in total. The predicted molar refractivity (Wildman–Crippen MR) is 90.9 cm³/mol. The molecule has 0 aliphatic heterocycles. The minimum atomic E-state index is -0.583. The second-order valence-corrected chi connectivity index (χ2v) is 7.50. The van der Waals surface area contributed by atoms with Gasteiger partial charge in [-0.25, -0.2) is 9.78 Å². The summed E-state index contributed by atoms with van der Waals surface area (Å²) in [6.07, 6.45) is 5.32.